The Morgan fingerprint density at radius 1 is 1.18 bits per heavy atom. The Balaban J connectivity index is 1.86. The summed E-state index contributed by atoms with van der Waals surface area (Å²) in [4.78, 5) is 14.5. The maximum absolute atomic E-state index is 13.0. The van der Waals surface area contributed by atoms with Crippen LogP contribution in [0, 0.1) is 0 Å². The molecule has 1 amide bonds. The van der Waals surface area contributed by atoms with E-state index in [2.05, 4.69) is 0 Å². The number of aliphatic hydroxyl groups is 1. The van der Waals surface area contributed by atoms with Gasteiger partial charge in [-0.3, -0.25) is 4.90 Å². The zero-order chi connectivity index (χ0) is 24.2. The highest BCUT2D eigenvalue weighted by molar-refractivity contribution is 5.76. The molecule has 1 N–H and O–H groups in total. The van der Waals surface area contributed by atoms with Gasteiger partial charge in [-0.05, 0) is 58.7 Å². The summed E-state index contributed by atoms with van der Waals surface area (Å²) in [5.41, 5.74) is 0.927. The molecule has 1 fully saturated rings. The van der Waals surface area contributed by atoms with Crippen LogP contribution in [0.25, 0.3) is 5.57 Å². The Kier molecular flexibility index (Phi) is 7.50. The van der Waals surface area contributed by atoms with E-state index in [4.69, 9.17) is 14.2 Å². The normalized spacial score (nSPS) is 19.3. The highest BCUT2D eigenvalue weighted by Gasteiger charge is 2.49. The summed E-state index contributed by atoms with van der Waals surface area (Å²) >= 11 is 0. The van der Waals surface area contributed by atoms with Crippen molar-refractivity contribution in [2.45, 2.75) is 71.6 Å². The SMILES string of the molecule is C/C=C(\c1ccccc1OCc1ccccc1)[C@H](O)[C@@H]1COC(C)(C)N1C(=O)OC(C)(C)C. The van der Waals surface area contributed by atoms with E-state index in [1.165, 1.54) is 4.90 Å². The number of nitrogens with zero attached hydrogens (tertiary/aromatic N) is 1. The largest absolute Gasteiger partial charge is 0.488 e. The second kappa shape index (κ2) is 9.98. The van der Waals surface area contributed by atoms with Gasteiger partial charge in [0, 0.05) is 5.56 Å². The van der Waals surface area contributed by atoms with Crippen molar-refractivity contribution in [3.8, 4) is 5.75 Å². The Labute approximate surface area is 196 Å². The molecule has 2 atom stereocenters. The lowest BCUT2D eigenvalue weighted by molar-refractivity contribution is -0.0657. The molecule has 178 valence electrons. The predicted molar refractivity (Wildman–Crippen MR) is 129 cm³/mol. The van der Waals surface area contributed by atoms with Gasteiger partial charge in [0.25, 0.3) is 0 Å². The van der Waals surface area contributed by atoms with Crippen molar-refractivity contribution in [2.75, 3.05) is 6.61 Å². The van der Waals surface area contributed by atoms with Crippen molar-refractivity contribution in [1.29, 1.82) is 0 Å². The fourth-order valence-electron chi connectivity index (χ4n) is 3.99. The van der Waals surface area contributed by atoms with Gasteiger partial charge in [0.15, 0.2) is 0 Å². The molecular formula is C27H35NO5. The van der Waals surface area contributed by atoms with Crippen LogP contribution in [-0.2, 0) is 16.1 Å². The Bertz CT molecular complexity index is 978. The van der Waals surface area contributed by atoms with Crippen LogP contribution in [0.1, 0.15) is 52.7 Å². The number of carbonyl (C=O) groups excluding carboxylic acids is 1. The summed E-state index contributed by atoms with van der Waals surface area (Å²) in [7, 11) is 0. The molecule has 6 nitrogen and oxygen atoms in total. The smallest absolute Gasteiger partial charge is 0.413 e. The van der Waals surface area contributed by atoms with Gasteiger partial charge in [-0.25, -0.2) is 4.79 Å². The Morgan fingerprint density at radius 2 is 1.82 bits per heavy atom. The summed E-state index contributed by atoms with van der Waals surface area (Å²) < 4.78 is 17.6. The summed E-state index contributed by atoms with van der Waals surface area (Å²) in [6.07, 6.45) is 0.345. The molecule has 0 saturated carbocycles. The van der Waals surface area contributed by atoms with Gasteiger partial charge in [0.1, 0.15) is 29.8 Å². The zero-order valence-electron chi connectivity index (χ0n) is 20.4. The van der Waals surface area contributed by atoms with E-state index in [0.29, 0.717) is 17.9 Å². The third-order valence-corrected chi connectivity index (χ3v) is 5.54. The second-order valence-corrected chi connectivity index (χ2v) is 9.63. The number of ether oxygens (including phenoxy) is 3. The lowest BCUT2D eigenvalue weighted by Gasteiger charge is -2.37. The van der Waals surface area contributed by atoms with Gasteiger partial charge in [0.2, 0.25) is 0 Å². The number of aliphatic hydroxyl groups excluding tert-OH is 1. The van der Waals surface area contributed by atoms with E-state index in [1.54, 1.807) is 13.8 Å². The van der Waals surface area contributed by atoms with Crippen LogP contribution in [-0.4, -0.2) is 46.2 Å². The van der Waals surface area contributed by atoms with Crippen molar-refractivity contribution < 1.29 is 24.1 Å². The first-order valence-electron chi connectivity index (χ1n) is 11.3. The molecule has 2 aromatic carbocycles. The average molecular weight is 454 g/mol. The summed E-state index contributed by atoms with van der Waals surface area (Å²) in [6.45, 7) is 11.5. The maximum Gasteiger partial charge on any atom is 0.413 e. The van der Waals surface area contributed by atoms with Crippen molar-refractivity contribution in [1.82, 2.24) is 4.90 Å². The Hall–Kier alpha value is -2.83. The fourth-order valence-corrected chi connectivity index (χ4v) is 3.99. The lowest BCUT2D eigenvalue weighted by atomic mass is 9.94. The van der Waals surface area contributed by atoms with Gasteiger partial charge in [-0.1, -0.05) is 54.6 Å². The summed E-state index contributed by atoms with van der Waals surface area (Å²) in [5.74, 6) is 0.662. The molecule has 6 heteroatoms. The van der Waals surface area contributed by atoms with Gasteiger partial charge in [-0.2, -0.15) is 0 Å². The van der Waals surface area contributed by atoms with E-state index in [9.17, 15) is 9.90 Å². The Morgan fingerprint density at radius 3 is 2.45 bits per heavy atom. The number of rotatable bonds is 6. The van der Waals surface area contributed by atoms with Crippen molar-refractivity contribution in [2.24, 2.45) is 0 Å². The van der Waals surface area contributed by atoms with Gasteiger partial charge in [0.05, 0.1) is 12.6 Å². The predicted octanol–water partition coefficient (Wildman–Crippen LogP) is 5.40. The average Bonchev–Trinajstić information content (AvgIpc) is 3.08. The summed E-state index contributed by atoms with van der Waals surface area (Å²) in [5, 5.41) is 11.5. The molecule has 1 heterocycles. The fraction of sp³-hybridized carbons (Fsp3) is 0.444. The lowest BCUT2D eigenvalue weighted by Crippen LogP contribution is -2.53. The van der Waals surface area contributed by atoms with Crippen LogP contribution in [0.5, 0.6) is 5.75 Å². The van der Waals surface area contributed by atoms with E-state index in [-0.39, 0.29) is 6.61 Å². The molecule has 0 aliphatic carbocycles. The van der Waals surface area contributed by atoms with Gasteiger partial charge in [-0.15, -0.1) is 0 Å². The molecule has 2 aromatic rings. The second-order valence-electron chi connectivity index (χ2n) is 9.63. The zero-order valence-corrected chi connectivity index (χ0v) is 20.4. The van der Waals surface area contributed by atoms with Crippen LogP contribution in [0.2, 0.25) is 0 Å². The molecule has 0 radical (unpaired) electrons. The number of para-hydroxylation sites is 1. The van der Waals surface area contributed by atoms with Crippen LogP contribution in [0.3, 0.4) is 0 Å². The number of amides is 1. The van der Waals surface area contributed by atoms with E-state index >= 15 is 0 Å². The molecule has 3 rings (SSSR count). The van der Waals surface area contributed by atoms with Crippen LogP contribution in [0.4, 0.5) is 4.79 Å². The highest BCUT2D eigenvalue weighted by Crippen LogP contribution is 2.37. The number of hydrogen-bond acceptors (Lipinski definition) is 5. The standard InChI is InChI=1S/C27H35NO5/c1-7-20(21-15-11-12-16-23(21)31-17-19-13-9-8-10-14-19)24(29)22-18-32-27(5,6)28(22)25(30)33-26(2,3)4/h7-16,22,24,29H,17-18H2,1-6H3/b20-7+/t22-,24-/m0/s1. The number of hydrogen-bond donors (Lipinski definition) is 1. The van der Waals surface area contributed by atoms with E-state index in [0.717, 1.165) is 11.1 Å². The monoisotopic (exact) mass is 453 g/mol. The minimum Gasteiger partial charge on any atom is -0.488 e. The number of carbonyl (C=O) groups is 1. The van der Waals surface area contributed by atoms with E-state index < -0.39 is 29.6 Å². The number of allylic oxidation sites excluding steroid dienone is 1. The molecular weight excluding hydrogens is 418 g/mol. The van der Waals surface area contributed by atoms with Crippen LogP contribution in [0.15, 0.2) is 60.7 Å². The minimum absolute atomic E-state index is 0.192. The van der Waals surface area contributed by atoms with Crippen molar-refractivity contribution >= 4 is 11.7 Å². The summed E-state index contributed by atoms with van der Waals surface area (Å²) in [6, 6.07) is 16.9. The maximum atomic E-state index is 13.0. The molecule has 0 spiro atoms. The molecule has 0 unspecified atom stereocenters. The minimum atomic E-state index is -0.995. The topological polar surface area (TPSA) is 68.2 Å². The number of benzene rings is 2. The quantitative estimate of drug-likeness (QED) is 0.634. The highest BCUT2D eigenvalue weighted by atomic mass is 16.6. The first-order valence-corrected chi connectivity index (χ1v) is 11.3. The first-order chi connectivity index (χ1) is 15.5. The first kappa shape index (κ1) is 24.8. The van der Waals surface area contributed by atoms with Crippen molar-refractivity contribution in [3.63, 3.8) is 0 Å². The molecule has 1 aliphatic heterocycles. The molecule has 1 aliphatic rings. The van der Waals surface area contributed by atoms with Crippen molar-refractivity contribution in [3.05, 3.63) is 71.8 Å². The third kappa shape index (κ3) is 5.95. The molecule has 33 heavy (non-hydrogen) atoms. The molecule has 0 bridgehead atoms. The molecule has 0 aromatic heterocycles. The van der Waals surface area contributed by atoms with Crippen LogP contribution >= 0.6 is 0 Å². The third-order valence-electron chi connectivity index (χ3n) is 5.54. The van der Waals surface area contributed by atoms with Gasteiger partial charge < -0.3 is 19.3 Å². The van der Waals surface area contributed by atoms with E-state index in [1.807, 2.05) is 88.4 Å². The van der Waals surface area contributed by atoms with Gasteiger partial charge >= 0.3 is 6.09 Å². The van der Waals surface area contributed by atoms with Crippen LogP contribution < -0.4 is 4.74 Å². The molecule has 1 saturated heterocycles.